The highest BCUT2D eigenvalue weighted by molar-refractivity contribution is 5.20. The summed E-state index contributed by atoms with van der Waals surface area (Å²) in [5.74, 6) is 0.778. The minimum absolute atomic E-state index is 0.00366. The first kappa shape index (κ1) is 14.8. The molecule has 0 amide bonds. The van der Waals surface area contributed by atoms with E-state index in [1.54, 1.807) is 6.07 Å². The molecule has 3 heteroatoms. The van der Waals surface area contributed by atoms with Crippen LogP contribution >= 0.6 is 0 Å². The van der Waals surface area contributed by atoms with Crippen LogP contribution in [0.15, 0.2) is 21.3 Å². The molecule has 0 aliphatic carbocycles. The van der Waals surface area contributed by atoms with E-state index in [4.69, 9.17) is 4.42 Å². The van der Waals surface area contributed by atoms with Crippen molar-refractivity contribution < 1.29 is 9.52 Å². The molecule has 1 heterocycles. The number of rotatable bonds is 8. The van der Waals surface area contributed by atoms with Gasteiger partial charge in [0.2, 0.25) is 0 Å². The Morgan fingerprint density at radius 2 is 1.83 bits per heavy atom. The second-order valence-electron chi connectivity index (χ2n) is 4.99. The molecule has 0 aliphatic heterocycles. The predicted molar refractivity (Wildman–Crippen MR) is 73.1 cm³/mol. The summed E-state index contributed by atoms with van der Waals surface area (Å²) in [6, 6.07) is 2.64. The number of aromatic hydroxyl groups is 1. The van der Waals surface area contributed by atoms with Crippen molar-refractivity contribution in [3.63, 3.8) is 0 Å². The van der Waals surface area contributed by atoms with Crippen LogP contribution in [0.2, 0.25) is 0 Å². The maximum atomic E-state index is 11.1. The minimum Gasteiger partial charge on any atom is -0.508 e. The van der Waals surface area contributed by atoms with Gasteiger partial charge in [-0.15, -0.1) is 0 Å². The standard InChI is InChI=1S/C15H24O3/c1-3-4-5-6-7-8-9-12(2)14-10-13(16)11-15(17)18-14/h10-12,16H,3-9H2,1-2H3. The van der Waals surface area contributed by atoms with Gasteiger partial charge in [0, 0.05) is 12.0 Å². The average molecular weight is 252 g/mol. The maximum absolute atomic E-state index is 11.1. The van der Waals surface area contributed by atoms with Crippen LogP contribution in [0.5, 0.6) is 5.75 Å². The van der Waals surface area contributed by atoms with Crippen molar-refractivity contribution in [2.75, 3.05) is 0 Å². The number of hydrogen-bond acceptors (Lipinski definition) is 3. The summed E-state index contributed by atoms with van der Waals surface area (Å²) >= 11 is 0. The number of hydrogen-bond donors (Lipinski definition) is 1. The lowest BCUT2D eigenvalue weighted by molar-refractivity contribution is 0.394. The molecule has 0 aromatic carbocycles. The van der Waals surface area contributed by atoms with Crippen molar-refractivity contribution in [2.24, 2.45) is 0 Å². The monoisotopic (exact) mass is 252 g/mol. The van der Waals surface area contributed by atoms with Crippen LogP contribution in [0.3, 0.4) is 0 Å². The molecule has 0 fully saturated rings. The van der Waals surface area contributed by atoms with E-state index < -0.39 is 5.63 Å². The third-order valence-electron chi connectivity index (χ3n) is 3.25. The summed E-state index contributed by atoms with van der Waals surface area (Å²) in [6.07, 6.45) is 8.55. The Kier molecular flexibility index (Phi) is 6.55. The Labute approximate surface area is 109 Å². The lowest BCUT2D eigenvalue weighted by Gasteiger charge is -2.10. The summed E-state index contributed by atoms with van der Waals surface area (Å²) in [7, 11) is 0. The molecule has 1 aromatic rings. The molecule has 0 spiro atoms. The van der Waals surface area contributed by atoms with Gasteiger partial charge in [0.1, 0.15) is 11.5 Å². The van der Waals surface area contributed by atoms with Gasteiger partial charge in [-0.05, 0) is 6.42 Å². The molecular weight excluding hydrogens is 228 g/mol. The third-order valence-corrected chi connectivity index (χ3v) is 3.25. The average Bonchev–Trinajstić information content (AvgIpc) is 2.32. The van der Waals surface area contributed by atoms with Gasteiger partial charge >= 0.3 is 5.63 Å². The third kappa shape index (κ3) is 5.39. The van der Waals surface area contributed by atoms with Crippen molar-refractivity contribution in [3.05, 3.63) is 28.3 Å². The van der Waals surface area contributed by atoms with Crippen LogP contribution in [-0.4, -0.2) is 5.11 Å². The highest BCUT2D eigenvalue weighted by Crippen LogP contribution is 2.23. The van der Waals surface area contributed by atoms with Crippen LogP contribution < -0.4 is 5.63 Å². The first-order valence-electron chi connectivity index (χ1n) is 6.97. The van der Waals surface area contributed by atoms with Gasteiger partial charge in [0.05, 0.1) is 6.07 Å². The van der Waals surface area contributed by atoms with Gasteiger partial charge in [-0.2, -0.15) is 0 Å². The maximum Gasteiger partial charge on any atom is 0.339 e. The second-order valence-corrected chi connectivity index (χ2v) is 4.99. The zero-order valence-electron chi connectivity index (χ0n) is 11.4. The molecule has 1 aromatic heterocycles. The fraction of sp³-hybridized carbons (Fsp3) is 0.667. The van der Waals surface area contributed by atoms with E-state index in [0.29, 0.717) is 5.76 Å². The molecule has 1 atom stereocenters. The summed E-state index contributed by atoms with van der Waals surface area (Å²) in [4.78, 5) is 11.1. The number of unbranched alkanes of at least 4 members (excludes halogenated alkanes) is 5. The van der Waals surface area contributed by atoms with E-state index in [2.05, 4.69) is 6.92 Å². The van der Waals surface area contributed by atoms with E-state index in [1.165, 1.54) is 32.1 Å². The van der Waals surface area contributed by atoms with Crippen LogP contribution in [0, 0.1) is 0 Å². The molecule has 1 rings (SSSR count). The van der Waals surface area contributed by atoms with E-state index >= 15 is 0 Å². The Morgan fingerprint density at radius 1 is 1.17 bits per heavy atom. The summed E-state index contributed by atoms with van der Waals surface area (Å²) in [5, 5.41) is 9.35. The normalized spacial score (nSPS) is 12.6. The van der Waals surface area contributed by atoms with Gasteiger partial charge in [0.25, 0.3) is 0 Å². The van der Waals surface area contributed by atoms with E-state index in [0.717, 1.165) is 18.9 Å². The lowest BCUT2D eigenvalue weighted by Crippen LogP contribution is -2.02. The SMILES string of the molecule is CCCCCCCCC(C)c1cc(O)cc(=O)o1. The molecule has 0 aliphatic rings. The Balaban J connectivity index is 2.32. The van der Waals surface area contributed by atoms with Gasteiger partial charge in [-0.1, -0.05) is 52.4 Å². The van der Waals surface area contributed by atoms with Gasteiger partial charge in [-0.25, -0.2) is 4.79 Å². The molecule has 0 radical (unpaired) electrons. The smallest absolute Gasteiger partial charge is 0.339 e. The first-order valence-corrected chi connectivity index (χ1v) is 6.97. The van der Waals surface area contributed by atoms with Gasteiger partial charge in [0.15, 0.2) is 0 Å². The van der Waals surface area contributed by atoms with Crippen LogP contribution in [0.4, 0.5) is 0 Å². The molecular formula is C15H24O3. The molecule has 0 saturated heterocycles. The van der Waals surface area contributed by atoms with Crippen molar-refractivity contribution in [1.82, 2.24) is 0 Å². The van der Waals surface area contributed by atoms with Crippen molar-refractivity contribution in [2.45, 2.75) is 64.7 Å². The summed E-state index contributed by atoms with van der Waals surface area (Å²) < 4.78 is 5.10. The van der Waals surface area contributed by atoms with E-state index in [1.807, 2.05) is 6.92 Å². The zero-order chi connectivity index (χ0) is 13.4. The fourth-order valence-corrected chi connectivity index (χ4v) is 2.10. The van der Waals surface area contributed by atoms with Gasteiger partial charge in [-0.3, -0.25) is 0 Å². The summed E-state index contributed by atoms with van der Waals surface area (Å²) in [6.45, 7) is 4.25. The van der Waals surface area contributed by atoms with Crippen molar-refractivity contribution >= 4 is 0 Å². The molecule has 1 N–H and O–H groups in total. The molecule has 0 saturated carbocycles. The first-order chi connectivity index (χ1) is 8.63. The topological polar surface area (TPSA) is 50.4 Å². The Morgan fingerprint density at radius 3 is 2.50 bits per heavy atom. The molecule has 3 nitrogen and oxygen atoms in total. The Hall–Kier alpha value is -1.25. The minimum atomic E-state index is -0.472. The molecule has 18 heavy (non-hydrogen) atoms. The van der Waals surface area contributed by atoms with E-state index in [9.17, 15) is 9.90 Å². The van der Waals surface area contributed by atoms with Crippen molar-refractivity contribution in [3.8, 4) is 5.75 Å². The van der Waals surface area contributed by atoms with Crippen molar-refractivity contribution in [1.29, 1.82) is 0 Å². The molecule has 1 unspecified atom stereocenters. The van der Waals surface area contributed by atoms with E-state index in [-0.39, 0.29) is 11.7 Å². The van der Waals surface area contributed by atoms with Crippen LogP contribution in [0.25, 0.3) is 0 Å². The van der Waals surface area contributed by atoms with Gasteiger partial charge < -0.3 is 9.52 Å². The molecule has 0 bridgehead atoms. The van der Waals surface area contributed by atoms with Crippen LogP contribution in [0.1, 0.15) is 70.5 Å². The molecule has 102 valence electrons. The Bertz CT molecular complexity index is 395. The largest absolute Gasteiger partial charge is 0.508 e. The predicted octanol–water partition coefficient (Wildman–Crippen LogP) is 4.20. The fourth-order valence-electron chi connectivity index (χ4n) is 2.10. The van der Waals surface area contributed by atoms with Crippen LogP contribution in [-0.2, 0) is 0 Å². The zero-order valence-corrected chi connectivity index (χ0v) is 11.4. The lowest BCUT2D eigenvalue weighted by atomic mass is 9.99. The highest BCUT2D eigenvalue weighted by Gasteiger charge is 2.10. The highest BCUT2D eigenvalue weighted by atomic mass is 16.4. The second kappa shape index (κ2) is 7.96. The quantitative estimate of drug-likeness (QED) is 0.705. The summed E-state index contributed by atoms with van der Waals surface area (Å²) in [5.41, 5.74) is -0.472.